The first-order valence-corrected chi connectivity index (χ1v) is 7.25. The molecule has 0 aliphatic rings. The van der Waals surface area contributed by atoms with Crippen molar-refractivity contribution in [3.05, 3.63) is 18.0 Å². The first kappa shape index (κ1) is 17.5. The third kappa shape index (κ3) is 5.75. The van der Waals surface area contributed by atoms with Gasteiger partial charge in [0.1, 0.15) is 5.60 Å². The molecular weight excluding hydrogens is 270 g/mol. The van der Waals surface area contributed by atoms with E-state index in [0.717, 1.165) is 12.0 Å². The van der Waals surface area contributed by atoms with Crippen molar-refractivity contribution in [1.82, 2.24) is 15.1 Å². The summed E-state index contributed by atoms with van der Waals surface area (Å²) < 4.78 is 6.96. The molecule has 0 saturated heterocycles. The van der Waals surface area contributed by atoms with Gasteiger partial charge in [-0.1, -0.05) is 6.92 Å². The van der Waals surface area contributed by atoms with Gasteiger partial charge in [0.05, 0.1) is 12.8 Å². The van der Waals surface area contributed by atoms with Crippen LogP contribution in [0.1, 0.15) is 39.7 Å². The quantitative estimate of drug-likeness (QED) is 0.840. The molecule has 0 bridgehead atoms. The van der Waals surface area contributed by atoms with Crippen molar-refractivity contribution in [2.75, 3.05) is 13.2 Å². The molecule has 1 aromatic rings. The number of hydrogen-bond donors (Lipinski definition) is 2. The molecule has 0 aromatic carbocycles. The van der Waals surface area contributed by atoms with Gasteiger partial charge in [0.25, 0.3) is 0 Å². The molecule has 1 atom stereocenters. The number of aromatic nitrogens is 2. The van der Waals surface area contributed by atoms with Crippen LogP contribution >= 0.6 is 0 Å². The predicted octanol–water partition coefficient (Wildman–Crippen LogP) is 1.88. The summed E-state index contributed by atoms with van der Waals surface area (Å²) in [6.07, 6.45) is 4.65. The monoisotopic (exact) mass is 297 g/mol. The van der Waals surface area contributed by atoms with Gasteiger partial charge in [0.15, 0.2) is 0 Å². The van der Waals surface area contributed by atoms with Gasteiger partial charge >= 0.3 is 6.09 Å². The molecule has 6 heteroatoms. The summed E-state index contributed by atoms with van der Waals surface area (Å²) in [5, 5.41) is 16.7. The Balaban J connectivity index is 2.65. The third-order valence-corrected chi connectivity index (χ3v) is 3.43. The van der Waals surface area contributed by atoms with E-state index in [4.69, 9.17) is 4.74 Å². The molecule has 0 aliphatic heterocycles. The van der Waals surface area contributed by atoms with Gasteiger partial charge in [0.2, 0.25) is 0 Å². The summed E-state index contributed by atoms with van der Waals surface area (Å²) in [4.78, 5) is 11.8. The van der Waals surface area contributed by atoms with Gasteiger partial charge in [-0.15, -0.1) is 0 Å². The summed E-state index contributed by atoms with van der Waals surface area (Å²) >= 11 is 0. The molecule has 1 aromatic heterocycles. The lowest BCUT2D eigenvalue weighted by Gasteiger charge is -2.31. The Labute approximate surface area is 126 Å². The van der Waals surface area contributed by atoms with Crippen LogP contribution in [0.5, 0.6) is 0 Å². The molecule has 1 heterocycles. The van der Waals surface area contributed by atoms with E-state index in [1.165, 1.54) is 0 Å². The Morgan fingerprint density at radius 3 is 2.57 bits per heavy atom. The Bertz CT molecular complexity index is 459. The van der Waals surface area contributed by atoms with Gasteiger partial charge in [-0.3, -0.25) is 4.68 Å². The number of aliphatic hydroxyl groups excluding tert-OH is 1. The Morgan fingerprint density at radius 1 is 1.48 bits per heavy atom. The largest absolute Gasteiger partial charge is 0.444 e. The van der Waals surface area contributed by atoms with Crippen LogP contribution in [0.2, 0.25) is 0 Å². The lowest BCUT2D eigenvalue weighted by molar-refractivity contribution is 0.0461. The summed E-state index contributed by atoms with van der Waals surface area (Å²) in [5.74, 6) is 0. The standard InChI is InChI=1S/C15H27N3O3/c1-6-15(11-19,7-12-8-17-18(5)9-12)10-16-13(20)21-14(2,3)4/h8-9,19H,6-7,10-11H2,1-5H3,(H,16,20). The fraction of sp³-hybridized carbons (Fsp3) is 0.733. The predicted molar refractivity (Wildman–Crippen MR) is 81.0 cm³/mol. The number of hydrogen-bond acceptors (Lipinski definition) is 4. The second-order valence-corrected chi connectivity index (χ2v) is 6.57. The Hall–Kier alpha value is -1.56. The van der Waals surface area contributed by atoms with Crippen molar-refractivity contribution in [2.24, 2.45) is 12.5 Å². The first-order valence-electron chi connectivity index (χ1n) is 7.25. The molecule has 1 rings (SSSR count). The molecule has 1 unspecified atom stereocenters. The minimum atomic E-state index is -0.526. The smallest absolute Gasteiger partial charge is 0.407 e. The van der Waals surface area contributed by atoms with Crippen molar-refractivity contribution in [3.63, 3.8) is 0 Å². The van der Waals surface area contributed by atoms with Gasteiger partial charge in [-0.05, 0) is 39.2 Å². The highest BCUT2D eigenvalue weighted by atomic mass is 16.6. The highest BCUT2D eigenvalue weighted by Crippen LogP contribution is 2.26. The number of ether oxygens (including phenoxy) is 1. The summed E-state index contributed by atoms with van der Waals surface area (Å²) in [5.41, 5.74) is 0.112. The molecule has 0 radical (unpaired) electrons. The number of nitrogens with one attached hydrogen (secondary N) is 1. The Kier molecular flexibility index (Phi) is 5.78. The number of nitrogens with zero attached hydrogens (tertiary/aromatic N) is 2. The van der Waals surface area contributed by atoms with E-state index in [9.17, 15) is 9.90 Å². The van der Waals surface area contributed by atoms with Gasteiger partial charge < -0.3 is 15.2 Å². The van der Waals surface area contributed by atoms with Crippen molar-refractivity contribution < 1.29 is 14.6 Å². The third-order valence-electron chi connectivity index (χ3n) is 3.43. The van der Waals surface area contributed by atoms with E-state index < -0.39 is 17.1 Å². The normalized spacial score (nSPS) is 14.6. The molecule has 6 nitrogen and oxygen atoms in total. The molecule has 0 saturated carbocycles. The van der Waals surface area contributed by atoms with Crippen molar-refractivity contribution in [2.45, 2.75) is 46.1 Å². The molecule has 21 heavy (non-hydrogen) atoms. The van der Waals surface area contributed by atoms with Gasteiger partial charge in [-0.2, -0.15) is 5.10 Å². The number of alkyl carbamates (subject to hydrolysis) is 1. The van der Waals surface area contributed by atoms with E-state index in [1.54, 1.807) is 10.9 Å². The average molecular weight is 297 g/mol. The number of amides is 1. The van der Waals surface area contributed by atoms with E-state index in [0.29, 0.717) is 13.0 Å². The van der Waals surface area contributed by atoms with Crippen LogP contribution in [-0.4, -0.2) is 39.7 Å². The zero-order chi connectivity index (χ0) is 16.1. The summed E-state index contributed by atoms with van der Waals surface area (Å²) in [6.45, 7) is 7.82. The maximum absolute atomic E-state index is 11.8. The topological polar surface area (TPSA) is 76.4 Å². The van der Waals surface area contributed by atoms with Crippen LogP contribution < -0.4 is 5.32 Å². The molecular formula is C15H27N3O3. The van der Waals surface area contributed by atoms with Crippen LogP contribution in [0.3, 0.4) is 0 Å². The number of carbonyl (C=O) groups excluding carboxylic acids is 1. The molecule has 120 valence electrons. The second kappa shape index (κ2) is 6.93. The minimum absolute atomic E-state index is 0.00576. The van der Waals surface area contributed by atoms with Crippen LogP contribution in [0.25, 0.3) is 0 Å². The van der Waals surface area contributed by atoms with Gasteiger partial charge in [0, 0.05) is 25.2 Å². The lowest BCUT2D eigenvalue weighted by Crippen LogP contribution is -2.43. The van der Waals surface area contributed by atoms with E-state index in [-0.39, 0.29) is 6.61 Å². The SMILES string of the molecule is CCC(CO)(CNC(=O)OC(C)(C)C)Cc1cnn(C)c1. The molecule has 0 fully saturated rings. The average Bonchev–Trinajstić information content (AvgIpc) is 2.78. The maximum atomic E-state index is 11.8. The maximum Gasteiger partial charge on any atom is 0.407 e. The van der Waals surface area contributed by atoms with Crippen LogP contribution in [-0.2, 0) is 18.2 Å². The van der Waals surface area contributed by atoms with Crippen molar-refractivity contribution in [3.8, 4) is 0 Å². The fourth-order valence-corrected chi connectivity index (χ4v) is 2.11. The van der Waals surface area contributed by atoms with E-state index >= 15 is 0 Å². The molecule has 0 aliphatic carbocycles. The van der Waals surface area contributed by atoms with Crippen LogP contribution in [0.15, 0.2) is 12.4 Å². The van der Waals surface area contributed by atoms with Crippen molar-refractivity contribution >= 4 is 6.09 Å². The Morgan fingerprint density at radius 2 is 2.14 bits per heavy atom. The van der Waals surface area contributed by atoms with E-state index in [1.807, 2.05) is 40.9 Å². The highest BCUT2D eigenvalue weighted by molar-refractivity contribution is 5.67. The van der Waals surface area contributed by atoms with Crippen LogP contribution in [0, 0.1) is 5.41 Å². The van der Waals surface area contributed by atoms with Crippen molar-refractivity contribution in [1.29, 1.82) is 0 Å². The number of carbonyl (C=O) groups is 1. The molecule has 1 amide bonds. The molecule has 0 spiro atoms. The van der Waals surface area contributed by atoms with E-state index in [2.05, 4.69) is 10.4 Å². The number of aryl methyl sites for hydroxylation is 1. The lowest BCUT2D eigenvalue weighted by atomic mass is 9.80. The fourth-order valence-electron chi connectivity index (χ4n) is 2.11. The van der Waals surface area contributed by atoms with Gasteiger partial charge in [-0.25, -0.2) is 4.79 Å². The minimum Gasteiger partial charge on any atom is -0.444 e. The number of rotatable bonds is 6. The summed E-state index contributed by atoms with van der Waals surface area (Å²) in [7, 11) is 1.86. The second-order valence-electron chi connectivity index (χ2n) is 6.57. The van der Waals surface area contributed by atoms with Crippen LogP contribution in [0.4, 0.5) is 4.79 Å². The summed E-state index contributed by atoms with van der Waals surface area (Å²) in [6, 6.07) is 0. The zero-order valence-corrected chi connectivity index (χ0v) is 13.6. The highest BCUT2D eigenvalue weighted by Gasteiger charge is 2.30. The zero-order valence-electron chi connectivity index (χ0n) is 13.6. The molecule has 2 N–H and O–H groups in total. The first-order chi connectivity index (χ1) is 9.69. The number of aliphatic hydroxyl groups is 1.